The number of nitrogens with zero attached hydrogens (tertiary/aromatic N) is 4. The van der Waals surface area contributed by atoms with Crippen molar-refractivity contribution in [2.24, 2.45) is 0 Å². The second-order valence-corrected chi connectivity index (χ2v) is 4.58. The molecule has 0 spiro atoms. The quantitative estimate of drug-likeness (QED) is 0.934. The highest BCUT2D eigenvalue weighted by molar-refractivity contribution is 5.55. The molecule has 104 valence electrons. The molecule has 1 aromatic heterocycles. The van der Waals surface area contributed by atoms with E-state index in [4.69, 9.17) is 0 Å². The highest BCUT2D eigenvalue weighted by Gasteiger charge is 2.15. The van der Waals surface area contributed by atoms with E-state index < -0.39 is 11.6 Å². The van der Waals surface area contributed by atoms with Gasteiger partial charge in [0.2, 0.25) is 5.95 Å². The Morgan fingerprint density at radius 3 is 2.70 bits per heavy atom. The van der Waals surface area contributed by atoms with Gasteiger partial charge in [0.25, 0.3) is 0 Å². The van der Waals surface area contributed by atoms with Crippen molar-refractivity contribution in [3.63, 3.8) is 0 Å². The van der Waals surface area contributed by atoms with Crippen LogP contribution in [0.5, 0.6) is 0 Å². The zero-order valence-corrected chi connectivity index (χ0v) is 10.7. The monoisotopic (exact) mass is 277 g/mol. The summed E-state index contributed by atoms with van der Waals surface area (Å²) in [4.78, 5) is 6.39. The molecule has 1 saturated heterocycles. The Morgan fingerprint density at radius 1 is 1.15 bits per heavy atom. The predicted octanol–water partition coefficient (Wildman–Crippen LogP) is 2.49. The van der Waals surface area contributed by atoms with Crippen molar-refractivity contribution in [3.8, 4) is 0 Å². The molecule has 0 unspecified atom stereocenters. The van der Waals surface area contributed by atoms with Crippen molar-refractivity contribution in [2.75, 3.05) is 23.3 Å². The Morgan fingerprint density at radius 2 is 1.95 bits per heavy atom. The van der Waals surface area contributed by atoms with Gasteiger partial charge in [-0.1, -0.05) is 0 Å². The molecule has 2 aromatic rings. The van der Waals surface area contributed by atoms with Crippen LogP contribution in [0.25, 0.3) is 0 Å². The molecule has 0 aliphatic carbocycles. The lowest BCUT2D eigenvalue weighted by atomic mass is 10.3. The summed E-state index contributed by atoms with van der Waals surface area (Å²) in [6, 6.07) is 3.28. The molecule has 20 heavy (non-hydrogen) atoms. The fourth-order valence-corrected chi connectivity index (χ4v) is 2.16. The molecule has 0 saturated carbocycles. The smallest absolute Gasteiger partial charge is 0.249 e. The van der Waals surface area contributed by atoms with Gasteiger partial charge in [-0.05, 0) is 25.0 Å². The molecule has 0 bridgehead atoms. The van der Waals surface area contributed by atoms with E-state index in [1.807, 2.05) is 0 Å². The van der Waals surface area contributed by atoms with E-state index in [2.05, 4.69) is 25.4 Å². The lowest BCUT2D eigenvalue weighted by Crippen LogP contribution is -2.20. The molecule has 1 fully saturated rings. The molecule has 1 aromatic carbocycles. The van der Waals surface area contributed by atoms with Crippen LogP contribution in [-0.4, -0.2) is 28.3 Å². The zero-order valence-electron chi connectivity index (χ0n) is 10.7. The van der Waals surface area contributed by atoms with Crippen molar-refractivity contribution in [2.45, 2.75) is 12.8 Å². The summed E-state index contributed by atoms with van der Waals surface area (Å²) < 4.78 is 26.4. The summed E-state index contributed by atoms with van der Waals surface area (Å²) in [6.07, 6.45) is 3.83. The van der Waals surface area contributed by atoms with Crippen LogP contribution in [-0.2, 0) is 0 Å². The first kappa shape index (κ1) is 12.7. The van der Waals surface area contributed by atoms with E-state index in [0.29, 0.717) is 5.82 Å². The maximum atomic E-state index is 13.5. The molecular weight excluding hydrogens is 264 g/mol. The SMILES string of the molecule is Fc1ccc(Nc2nncc(N3CCCC3)n2)c(F)c1. The Labute approximate surface area is 114 Å². The second-order valence-electron chi connectivity index (χ2n) is 4.58. The molecule has 1 aliphatic heterocycles. The number of aromatic nitrogens is 3. The van der Waals surface area contributed by atoms with Crippen LogP contribution in [0.15, 0.2) is 24.4 Å². The Bertz CT molecular complexity index is 613. The van der Waals surface area contributed by atoms with E-state index in [-0.39, 0.29) is 11.6 Å². The normalized spacial score (nSPS) is 14.6. The topological polar surface area (TPSA) is 53.9 Å². The fraction of sp³-hybridized carbons (Fsp3) is 0.308. The van der Waals surface area contributed by atoms with Crippen molar-refractivity contribution in [1.29, 1.82) is 0 Å². The lowest BCUT2D eigenvalue weighted by molar-refractivity contribution is 0.586. The van der Waals surface area contributed by atoms with Crippen LogP contribution in [0.3, 0.4) is 0 Å². The van der Waals surface area contributed by atoms with Crippen molar-refractivity contribution in [3.05, 3.63) is 36.0 Å². The Kier molecular flexibility index (Phi) is 3.41. The maximum absolute atomic E-state index is 13.5. The van der Waals surface area contributed by atoms with Crippen LogP contribution in [0, 0.1) is 11.6 Å². The molecule has 0 radical (unpaired) electrons. The first-order chi connectivity index (χ1) is 9.72. The number of hydrogen-bond donors (Lipinski definition) is 1. The first-order valence-electron chi connectivity index (χ1n) is 6.39. The number of anilines is 3. The van der Waals surface area contributed by atoms with Gasteiger partial charge in [0.05, 0.1) is 11.9 Å². The third kappa shape index (κ3) is 2.66. The summed E-state index contributed by atoms with van der Waals surface area (Å²) in [5.74, 6) is -0.416. The van der Waals surface area contributed by atoms with E-state index in [1.165, 1.54) is 12.1 Å². The van der Waals surface area contributed by atoms with Gasteiger partial charge in [0, 0.05) is 19.2 Å². The first-order valence-corrected chi connectivity index (χ1v) is 6.39. The standard InChI is InChI=1S/C13H13F2N5/c14-9-3-4-11(10(15)7-9)17-13-18-12(8-16-19-13)20-5-1-2-6-20/h3-4,7-8H,1-2,5-6H2,(H,17,18,19). The van der Waals surface area contributed by atoms with E-state index in [1.54, 1.807) is 6.20 Å². The van der Waals surface area contributed by atoms with Gasteiger partial charge in [0.1, 0.15) is 11.6 Å². The maximum Gasteiger partial charge on any atom is 0.249 e. The van der Waals surface area contributed by atoms with Crippen LogP contribution < -0.4 is 10.2 Å². The molecule has 1 N–H and O–H groups in total. The molecule has 0 atom stereocenters. The largest absolute Gasteiger partial charge is 0.355 e. The number of hydrogen-bond acceptors (Lipinski definition) is 5. The van der Waals surface area contributed by atoms with Crippen LogP contribution in [0.2, 0.25) is 0 Å². The van der Waals surface area contributed by atoms with Gasteiger partial charge in [-0.25, -0.2) is 8.78 Å². The predicted molar refractivity (Wildman–Crippen MR) is 70.9 cm³/mol. The van der Waals surface area contributed by atoms with Crippen molar-refractivity contribution >= 4 is 17.5 Å². The molecule has 5 nitrogen and oxygen atoms in total. The number of nitrogens with one attached hydrogen (secondary N) is 1. The van der Waals surface area contributed by atoms with Crippen molar-refractivity contribution in [1.82, 2.24) is 15.2 Å². The molecule has 0 amide bonds. The fourth-order valence-electron chi connectivity index (χ4n) is 2.16. The Hall–Kier alpha value is -2.31. The average Bonchev–Trinajstić information content (AvgIpc) is 2.96. The summed E-state index contributed by atoms with van der Waals surface area (Å²) in [5.41, 5.74) is 0.117. The van der Waals surface area contributed by atoms with Gasteiger partial charge in [-0.2, -0.15) is 10.1 Å². The van der Waals surface area contributed by atoms with Crippen LogP contribution >= 0.6 is 0 Å². The average molecular weight is 277 g/mol. The highest BCUT2D eigenvalue weighted by Crippen LogP contribution is 2.21. The minimum atomic E-state index is -0.694. The molecular formula is C13H13F2N5. The number of benzene rings is 1. The van der Waals surface area contributed by atoms with Gasteiger partial charge >= 0.3 is 0 Å². The van der Waals surface area contributed by atoms with E-state index in [0.717, 1.165) is 32.0 Å². The summed E-state index contributed by atoms with van der Waals surface area (Å²) in [6.45, 7) is 1.87. The van der Waals surface area contributed by atoms with Gasteiger partial charge < -0.3 is 10.2 Å². The minimum absolute atomic E-state index is 0.117. The second kappa shape index (κ2) is 5.36. The molecule has 7 heteroatoms. The summed E-state index contributed by atoms with van der Waals surface area (Å²) in [5, 5.41) is 10.4. The number of rotatable bonds is 3. The van der Waals surface area contributed by atoms with E-state index >= 15 is 0 Å². The van der Waals surface area contributed by atoms with Crippen LogP contribution in [0.1, 0.15) is 12.8 Å². The third-order valence-corrected chi connectivity index (χ3v) is 3.15. The van der Waals surface area contributed by atoms with E-state index in [9.17, 15) is 8.78 Å². The van der Waals surface area contributed by atoms with Gasteiger partial charge in [-0.3, -0.25) is 0 Å². The number of halogens is 2. The van der Waals surface area contributed by atoms with Gasteiger partial charge in [-0.15, -0.1) is 5.10 Å². The molecule has 3 rings (SSSR count). The van der Waals surface area contributed by atoms with Crippen LogP contribution in [0.4, 0.5) is 26.2 Å². The summed E-state index contributed by atoms with van der Waals surface area (Å²) in [7, 11) is 0. The highest BCUT2D eigenvalue weighted by atomic mass is 19.1. The zero-order chi connectivity index (χ0) is 13.9. The third-order valence-electron chi connectivity index (χ3n) is 3.15. The minimum Gasteiger partial charge on any atom is -0.355 e. The van der Waals surface area contributed by atoms with Gasteiger partial charge in [0.15, 0.2) is 5.82 Å². The summed E-state index contributed by atoms with van der Waals surface area (Å²) >= 11 is 0. The Balaban J connectivity index is 1.81. The van der Waals surface area contributed by atoms with Crippen molar-refractivity contribution < 1.29 is 8.78 Å². The molecule has 1 aliphatic rings. The molecule has 2 heterocycles. The lowest BCUT2D eigenvalue weighted by Gasteiger charge is -2.16.